The molecule has 0 saturated carbocycles. The number of alkyl halides is 1. The zero-order valence-corrected chi connectivity index (χ0v) is 12.4. The maximum atomic E-state index is 12.1. The van der Waals surface area contributed by atoms with Crippen LogP contribution in [-0.4, -0.2) is 5.91 Å². The molecule has 2 nitrogen and oxygen atoms in total. The van der Waals surface area contributed by atoms with Crippen molar-refractivity contribution < 1.29 is 4.79 Å². The average Bonchev–Trinajstić information content (AvgIpc) is 2.92. The van der Waals surface area contributed by atoms with Crippen LogP contribution in [0.3, 0.4) is 0 Å². The third-order valence-corrected chi connectivity index (χ3v) is 4.24. The van der Waals surface area contributed by atoms with Crippen LogP contribution in [-0.2, 0) is 18.8 Å². The average molecular weight is 294 g/mol. The van der Waals surface area contributed by atoms with Gasteiger partial charge >= 0.3 is 0 Å². The van der Waals surface area contributed by atoms with Crippen LogP contribution in [0.2, 0.25) is 0 Å². The molecular weight excluding hydrogens is 278 g/mol. The summed E-state index contributed by atoms with van der Waals surface area (Å²) in [5.74, 6) is 0.369. The van der Waals surface area contributed by atoms with Gasteiger partial charge in [-0.25, -0.2) is 0 Å². The van der Waals surface area contributed by atoms with Gasteiger partial charge in [-0.05, 0) is 41.1 Å². The maximum Gasteiger partial charge on any atom is 0.251 e. The molecule has 4 heteroatoms. The molecule has 0 aliphatic rings. The van der Waals surface area contributed by atoms with Gasteiger partial charge in [0.05, 0.1) is 6.54 Å². The smallest absolute Gasteiger partial charge is 0.251 e. The quantitative estimate of drug-likeness (QED) is 0.830. The SMILES string of the molecule is CCc1ccsc1CNC(=O)c1cccc(CCl)c1. The summed E-state index contributed by atoms with van der Waals surface area (Å²) in [7, 11) is 0. The van der Waals surface area contributed by atoms with Gasteiger partial charge in [0.15, 0.2) is 0 Å². The molecule has 0 atom stereocenters. The van der Waals surface area contributed by atoms with E-state index >= 15 is 0 Å². The van der Waals surface area contributed by atoms with Gasteiger partial charge in [0.2, 0.25) is 0 Å². The number of nitrogens with one attached hydrogen (secondary N) is 1. The highest BCUT2D eigenvalue weighted by atomic mass is 35.5. The molecule has 100 valence electrons. The van der Waals surface area contributed by atoms with E-state index in [0.717, 1.165) is 12.0 Å². The van der Waals surface area contributed by atoms with E-state index in [1.807, 2.05) is 18.2 Å². The normalized spacial score (nSPS) is 10.4. The minimum Gasteiger partial charge on any atom is -0.347 e. The number of carbonyl (C=O) groups excluding carboxylic acids is 1. The Morgan fingerprint density at radius 1 is 1.37 bits per heavy atom. The maximum absolute atomic E-state index is 12.1. The lowest BCUT2D eigenvalue weighted by molar-refractivity contribution is 0.0951. The Morgan fingerprint density at radius 2 is 2.21 bits per heavy atom. The van der Waals surface area contributed by atoms with E-state index in [9.17, 15) is 4.79 Å². The number of hydrogen-bond donors (Lipinski definition) is 1. The van der Waals surface area contributed by atoms with Gasteiger partial charge in [-0.1, -0.05) is 19.1 Å². The molecule has 2 rings (SSSR count). The minimum absolute atomic E-state index is 0.0533. The summed E-state index contributed by atoms with van der Waals surface area (Å²) in [6, 6.07) is 9.52. The van der Waals surface area contributed by atoms with E-state index in [1.165, 1.54) is 10.4 Å². The first-order chi connectivity index (χ1) is 9.24. The first-order valence-corrected chi connectivity index (χ1v) is 7.64. The second-order valence-corrected chi connectivity index (χ2v) is 5.51. The Balaban J connectivity index is 2.01. The number of carbonyl (C=O) groups is 1. The summed E-state index contributed by atoms with van der Waals surface area (Å²) < 4.78 is 0. The first kappa shape index (κ1) is 14.1. The molecule has 0 saturated heterocycles. The monoisotopic (exact) mass is 293 g/mol. The van der Waals surface area contributed by atoms with E-state index in [4.69, 9.17) is 11.6 Å². The molecule has 1 N–H and O–H groups in total. The van der Waals surface area contributed by atoms with Gasteiger partial charge < -0.3 is 5.32 Å². The molecule has 1 aromatic heterocycles. The van der Waals surface area contributed by atoms with Crippen LogP contribution >= 0.6 is 22.9 Å². The molecule has 0 aliphatic heterocycles. The van der Waals surface area contributed by atoms with Crippen molar-refractivity contribution in [2.24, 2.45) is 0 Å². The number of amides is 1. The highest BCUT2D eigenvalue weighted by Gasteiger charge is 2.08. The third kappa shape index (κ3) is 3.58. The summed E-state index contributed by atoms with van der Waals surface area (Å²) in [6.07, 6.45) is 0.996. The van der Waals surface area contributed by atoms with E-state index in [1.54, 1.807) is 17.4 Å². The molecule has 0 aliphatic carbocycles. The molecule has 1 aromatic carbocycles. The molecule has 1 amide bonds. The van der Waals surface area contributed by atoms with Gasteiger partial charge in [0.25, 0.3) is 5.91 Å². The largest absolute Gasteiger partial charge is 0.347 e. The number of benzene rings is 1. The molecule has 19 heavy (non-hydrogen) atoms. The highest BCUT2D eigenvalue weighted by molar-refractivity contribution is 7.10. The second kappa shape index (κ2) is 6.73. The predicted molar refractivity (Wildman–Crippen MR) is 80.9 cm³/mol. The fourth-order valence-corrected chi connectivity index (χ4v) is 2.98. The fraction of sp³-hybridized carbons (Fsp3) is 0.267. The number of rotatable bonds is 5. The van der Waals surface area contributed by atoms with Gasteiger partial charge in [-0.3, -0.25) is 4.79 Å². The number of aryl methyl sites for hydroxylation is 1. The lowest BCUT2D eigenvalue weighted by Gasteiger charge is -2.06. The van der Waals surface area contributed by atoms with Crippen LogP contribution in [0, 0.1) is 0 Å². The van der Waals surface area contributed by atoms with Crippen molar-refractivity contribution in [3.05, 3.63) is 57.3 Å². The van der Waals surface area contributed by atoms with Crippen LogP contribution in [0.5, 0.6) is 0 Å². The van der Waals surface area contributed by atoms with Gasteiger partial charge in [-0.15, -0.1) is 22.9 Å². The fourth-order valence-electron chi connectivity index (χ4n) is 1.90. The second-order valence-electron chi connectivity index (χ2n) is 4.24. The standard InChI is InChI=1S/C15H16ClNOS/c1-2-12-6-7-19-14(12)10-17-15(18)13-5-3-4-11(8-13)9-16/h3-8H,2,9-10H2,1H3,(H,17,18). The van der Waals surface area contributed by atoms with Gasteiger partial charge in [-0.2, -0.15) is 0 Å². The van der Waals surface area contributed by atoms with E-state index in [-0.39, 0.29) is 5.91 Å². The lowest BCUT2D eigenvalue weighted by Crippen LogP contribution is -2.22. The van der Waals surface area contributed by atoms with Crippen molar-refractivity contribution in [2.45, 2.75) is 25.8 Å². The molecular formula is C15H16ClNOS. The lowest BCUT2D eigenvalue weighted by atomic mass is 10.1. The van der Waals surface area contributed by atoms with Crippen LogP contribution in [0.1, 0.15) is 33.3 Å². The Kier molecular flexibility index (Phi) is 5.00. The molecule has 0 unspecified atom stereocenters. The van der Waals surface area contributed by atoms with E-state index in [2.05, 4.69) is 23.7 Å². The number of thiophene rings is 1. The summed E-state index contributed by atoms with van der Waals surface area (Å²) in [5, 5.41) is 5.02. The zero-order chi connectivity index (χ0) is 13.7. The van der Waals surface area contributed by atoms with Crippen molar-refractivity contribution in [1.29, 1.82) is 0 Å². The molecule has 0 radical (unpaired) electrons. The van der Waals surface area contributed by atoms with Crippen LogP contribution in [0.25, 0.3) is 0 Å². The van der Waals surface area contributed by atoms with Crippen LogP contribution < -0.4 is 5.32 Å². The molecule has 0 spiro atoms. The summed E-state index contributed by atoms with van der Waals surface area (Å²) in [6.45, 7) is 2.71. The summed E-state index contributed by atoms with van der Waals surface area (Å²) in [5.41, 5.74) is 2.92. The highest BCUT2D eigenvalue weighted by Crippen LogP contribution is 2.17. The van der Waals surface area contributed by atoms with Crippen LogP contribution in [0.15, 0.2) is 35.7 Å². The topological polar surface area (TPSA) is 29.1 Å². The molecule has 2 aromatic rings. The third-order valence-electron chi connectivity index (χ3n) is 2.97. The first-order valence-electron chi connectivity index (χ1n) is 6.23. The number of hydrogen-bond acceptors (Lipinski definition) is 2. The van der Waals surface area contributed by atoms with E-state index < -0.39 is 0 Å². The zero-order valence-electron chi connectivity index (χ0n) is 10.8. The predicted octanol–water partition coefficient (Wildman–Crippen LogP) is 3.98. The molecule has 0 bridgehead atoms. The minimum atomic E-state index is -0.0533. The Bertz CT molecular complexity index is 565. The van der Waals surface area contributed by atoms with E-state index in [0.29, 0.717) is 18.0 Å². The number of halogens is 1. The van der Waals surface area contributed by atoms with Crippen molar-refractivity contribution in [3.63, 3.8) is 0 Å². The van der Waals surface area contributed by atoms with Crippen molar-refractivity contribution in [3.8, 4) is 0 Å². The van der Waals surface area contributed by atoms with Gasteiger partial charge in [0.1, 0.15) is 0 Å². The molecule has 0 fully saturated rings. The Hall–Kier alpha value is -1.32. The van der Waals surface area contributed by atoms with Crippen molar-refractivity contribution in [1.82, 2.24) is 5.32 Å². The summed E-state index contributed by atoms with van der Waals surface area (Å²) in [4.78, 5) is 13.3. The van der Waals surface area contributed by atoms with Crippen LogP contribution in [0.4, 0.5) is 0 Å². The Labute approximate surface area is 122 Å². The van der Waals surface area contributed by atoms with Gasteiger partial charge in [0, 0.05) is 16.3 Å². The summed E-state index contributed by atoms with van der Waals surface area (Å²) >= 11 is 7.45. The van der Waals surface area contributed by atoms with Crippen molar-refractivity contribution in [2.75, 3.05) is 0 Å². The molecule has 1 heterocycles. The Morgan fingerprint density at radius 3 is 2.95 bits per heavy atom. The van der Waals surface area contributed by atoms with Crippen molar-refractivity contribution >= 4 is 28.8 Å².